The average molecular weight is 379 g/mol. The van der Waals surface area contributed by atoms with Gasteiger partial charge in [-0.1, -0.05) is 44.2 Å². The van der Waals surface area contributed by atoms with Gasteiger partial charge in [0.15, 0.2) is 5.65 Å². The maximum atomic E-state index is 12.9. The molecule has 0 aliphatic carbocycles. The highest BCUT2D eigenvalue weighted by molar-refractivity contribution is 5.82. The molecular formula is C23H30N4O. The summed E-state index contributed by atoms with van der Waals surface area (Å²) in [6, 6.07) is 10.2. The summed E-state index contributed by atoms with van der Waals surface area (Å²) in [5.41, 5.74) is 6.86. The van der Waals surface area contributed by atoms with Crippen molar-refractivity contribution < 1.29 is 4.79 Å². The van der Waals surface area contributed by atoms with Crippen molar-refractivity contribution in [1.29, 1.82) is 0 Å². The Kier molecular flexibility index (Phi) is 6.12. The Morgan fingerprint density at radius 3 is 2.25 bits per heavy atom. The number of rotatable bonds is 7. The standard InChI is InChI=1S/C23H30N4O/c1-6-13-26(14-7-2)21(28)15-20-16(3)24-23-22(19-11-9-8-10-12-19)17(4)25-27(23)18(20)5/h8-12H,6-7,13-15H2,1-5H3. The first-order valence-corrected chi connectivity index (χ1v) is 10.2. The van der Waals surface area contributed by atoms with Gasteiger partial charge in [-0.3, -0.25) is 4.79 Å². The molecule has 0 N–H and O–H groups in total. The Labute approximate surface area is 167 Å². The zero-order chi connectivity index (χ0) is 20.3. The van der Waals surface area contributed by atoms with Gasteiger partial charge in [-0.25, -0.2) is 9.50 Å². The van der Waals surface area contributed by atoms with E-state index in [0.717, 1.165) is 65.4 Å². The summed E-state index contributed by atoms with van der Waals surface area (Å²) in [5.74, 6) is 0.170. The molecule has 1 amide bonds. The molecule has 0 aliphatic rings. The van der Waals surface area contributed by atoms with Crippen LogP contribution < -0.4 is 0 Å². The third-order valence-corrected chi connectivity index (χ3v) is 5.23. The van der Waals surface area contributed by atoms with E-state index in [-0.39, 0.29) is 5.91 Å². The fourth-order valence-electron chi connectivity index (χ4n) is 3.83. The van der Waals surface area contributed by atoms with Gasteiger partial charge in [0, 0.05) is 35.6 Å². The van der Waals surface area contributed by atoms with Gasteiger partial charge in [-0.05, 0) is 39.2 Å². The minimum atomic E-state index is 0.170. The molecule has 2 aromatic heterocycles. The van der Waals surface area contributed by atoms with E-state index in [2.05, 4.69) is 26.0 Å². The van der Waals surface area contributed by atoms with Crippen molar-refractivity contribution in [3.8, 4) is 11.1 Å². The second kappa shape index (κ2) is 8.55. The molecule has 3 rings (SSSR count). The molecule has 0 atom stereocenters. The van der Waals surface area contributed by atoms with Gasteiger partial charge < -0.3 is 4.90 Å². The van der Waals surface area contributed by atoms with Crippen LogP contribution in [0.1, 0.15) is 49.3 Å². The molecule has 0 radical (unpaired) electrons. The summed E-state index contributed by atoms with van der Waals surface area (Å²) in [7, 11) is 0. The Hall–Kier alpha value is -2.69. The summed E-state index contributed by atoms with van der Waals surface area (Å²) < 4.78 is 1.90. The minimum absolute atomic E-state index is 0.170. The fourth-order valence-corrected chi connectivity index (χ4v) is 3.83. The number of fused-ring (bicyclic) bond motifs is 1. The molecule has 0 aliphatic heterocycles. The largest absolute Gasteiger partial charge is 0.342 e. The first kappa shape index (κ1) is 20.1. The van der Waals surface area contributed by atoms with Crippen molar-refractivity contribution >= 4 is 11.6 Å². The summed E-state index contributed by atoms with van der Waals surface area (Å²) in [6.07, 6.45) is 2.32. The summed E-state index contributed by atoms with van der Waals surface area (Å²) in [6.45, 7) is 11.9. The van der Waals surface area contributed by atoms with Crippen LogP contribution in [0.25, 0.3) is 16.8 Å². The van der Waals surface area contributed by atoms with Crippen LogP contribution in [0.15, 0.2) is 30.3 Å². The number of carbonyl (C=O) groups excluding carboxylic acids is 1. The second-order valence-electron chi connectivity index (χ2n) is 7.38. The molecule has 28 heavy (non-hydrogen) atoms. The lowest BCUT2D eigenvalue weighted by atomic mass is 10.0. The quantitative estimate of drug-likeness (QED) is 0.608. The molecule has 1 aromatic carbocycles. The van der Waals surface area contributed by atoms with Crippen LogP contribution in [0, 0.1) is 20.8 Å². The Morgan fingerprint density at radius 2 is 1.64 bits per heavy atom. The lowest BCUT2D eigenvalue weighted by molar-refractivity contribution is -0.130. The predicted molar refractivity (Wildman–Crippen MR) is 114 cm³/mol. The van der Waals surface area contributed by atoms with Crippen LogP contribution in [-0.4, -0.2) is 38.5 Å². The fraction of sp³-hybridized carbons (Fsp3) is 0.435. The number of hydrogen-bond acceptors (Lipinski definition) is 3. The van der Waals surface area contributed by atoms with Crippen LogP contribution in [-0.2, 0) is 11.2 Å². The van der Waals surface area contributed by atoms with E-state index >= 15 is 0 Å². The summed E-state index contributed by atoms with van der Waals surface area (Å²) >= 11 is 0. The summed E-state index contributed by atoms with van der Waals surface area (Å²) in [4.78, 5) is 19.7. The zero-order valence-electron chi connectivity index (χ0n) is 17.6. The Balaban J connectivity index is 2.03. The molecule has 0 fully saturated rings. The molecule has 0 saturated heterocycles. The number of aromatic nitrogens is 3. The molecular weight excluding hydrogens is 348 g/mol. The van der Waals surface area contributed by atoms with Gasteiger partial charge in [-0.2, -0.15) is 5.10 Å². The maximum absolute atomic E-state index is 12.9. The smallest absolute Gasteiger partial charge is 0.227 e. The van der Waals surface area contributed by atoms with Gasteiger partial charge in [-0.15, -0.1) is 0 Å². The van der Waals surface area contributed by atoms with E-state index in [0.29, 0.717) is 6.42 Å². The van der Waals surface area contributed by atoms with E-state index in [1.807, 2.05) is 48.4 Å². The highest BCUT2D eigenvalue weighted by Crippen LogP contribution is 2.29. The van der Waals surface area contributed by atoms with E-state index in [4.69, 9.17) is 10.1 Å². The van der Waals surface area contributed by atoms with Crippen LogP contribution in [0.5, 0.6) is 0 Å². The Morgan fingerprint density at radius 1 is 1.00 bits per heavy atom. The second-order valence-corrected chi connectivity index (χ2v) is 7.38. The van der Waals surface area contributed by atoms with Crippen LogP contribution in [0.2, 0.25) is 0 Å². The van der Waals surface area contributed by atoms with Gasteiger partial charge in [0.05, 0.1) is 12.1 Å². The number of nitrogens with zero attached hydrogens (tertiary/aromatic N) is 4. The molecule has 2 heterocycles. The van der Waals surface area contributed by atoms with Gasteiger partial charge in [0.1, 0.15) is 0 Å². The van der Waals surface area contributed by atoms with Crippen LogP contribution in [0.3, 0.4) is 0 Å². The lowest BCUT2D eigenvalue weighted by Gasteiger charge is -2.22. The average Bonchev–Trinajstić information content (AvgIpc) is 3.01. The van der Waals surface area contributed by atoms with Crippen LogP contribution >= 0.6 is 0 Å². The van der Waals surface area contributed by atoms with Crippen LogP contribution in [0.4, 0.5) is 0 Å². The van der Waals surface area contributed by atoms with E-state index in [1.54, 1.807) is 0 Å². The highest BCUT2D eigenvalue weighted by atomic mass is 16.2. The van der Waals surface area contributed by atoms with Crippen molar-refractivity contribution in [3.05, 3.63) is 53.0 Å². The molecule has 148 valence electrons. The van der Waals surface area contributed by atoms with Gasteiger partial charge in [0.2, 0.25) is 5.91 Å². The topological polar surface area (TPSA) is 50.5 Å². The van der Waals surface area contributed by atoms with E-state index in [1.165, 1.54) is 0 Å². The highest BCUT2D eigenvalue weighted by Gasteiger charge is 2.21. The first-order chi connectivity index (χ1) is 13.5. The number of hydrogen-bond donors (Lipinski definition) is 0. The summed E-state index contributed by atoms with van der Waals surface area (Å²) in [5, 5.41) is 4.74. The predicted octanol–water partition coefficient (Wildman–Crippen LogP) is 4.51. The molecule has 0 bridgehead atoms. The maximum Gasteiger partial charge on any atom is 0.227 e. The van der Waals surface area contributed by atoms with Crippen molar-refractivity contribution in [3.63, 3.8) is 0 Å². The zero-order valence-corrected chi connectivity index (χ0v) is 17.6. The molecule has 3 aromatic rings. The van der Waals surface area contributed by atoms with E-state index in [9.17, 15) is 4.79 Å². The number of aryl methyl sites for hydroxylation is 3. The van der Waals surface area contributed by atoms with Crippen molar-refractivity contribution in [2.45, 2.75) is 53.9 Å². The molecule has 5 heteroatoms. The molecule has 5 nitrogen and oxygen atoms in total. The monoisotopic (exact) mass is 378 g/mol. The first-order valence-electron chi connectivity index (χ1n) is 10.2. The number of amides is 1. The Bertz CT molecular complexity index is 969. The van der Waals surface area contributed by atoms with Crippen molar-refractivity contribution in [2.75, 3.05) is 13.1 Å². The van der Waals surface area contributed by atoms with Gasteiger partial charge >= 0.3 is 0 Å². The molecule has 0 spiro atoms. The normalized spacial score (nSPS) is 11.2. The van der Waals surface area contributed by atoms with Gasteiger partial charge in [0.25, 0.3) is 0 Å². The third-order valence-electron chi connectivity index (χ3n) is 5.23. The lowest BCUT2D eigenvalue weighted by Crippen LogP contribution is -2.34. The van der Waals surface area contributed by atoms with Crippen molar-refractivity contribution in [1.82, 2.24) is 19.5 Å². The van der Waals surface area contributed by atoms with E-state index < -0.39 is 0 Å². The van der Waals surface area contributed by atoms with Crippen molar-refractivity contribution in [2.24, 2.45) is 0 Å². The molecule has 0 saturated carbocycles. The third kappa shape index (κ3) is 3.79. The number of carbonyl (C=O) groups is 1. The molecule has 0 unspecified atom stereocenters. The SMILES string of the molecule is CCCN(CCC)C(=O)Cc1c(C)nc2c(-c3ccccc3)c(C)nn2c1C. The number of benzene rings is 1. The minimum Gasteiger partial charge on any atom is -0.342 e.